The summed E-state index contributed by atoms with van der Waals surface area (Å²) in [6.07, 6.45) is -4.35. The van der Waals surface area contributed by atoms with E-state index < -0.39 is 17.5 Å². The van der Waals surface area contributed by atoms with Crippen molar-refractivity contribution >= 4 is 28.0 Å². The van der Waals surface area contributed by atoms with E-state index in [1.807, 2.05) is 5.32 Å². The first-order valence-corrected chi connectivity index (χ1v) is 4.45. The summed E-state index contributed by atoms with van der Waals surface area (Å²) in [7, 11) is 0. The summed E-state index contributed by atoms with van der Waals surface area (Å²) in [5, 5.41) is 11.3. The Morgan fingerprint density at radius 3 is 2.47 bits per heavy atom. The molecule has 3 nitrogen and oxygen atoms in total. The van der Waals surface area contributed by atoms with Gasteiger partial charge < -0.3 is 10.4 Å². The zero-order chi connectivity index (χ0) is 11.6. The number of benzene rings is 1. The zero-order valence-corrected chi connectivity index (χ0v) is 8.69. The van der Waals surface area contributed by atoms with Gasteiger partial charge >= 0.3 is 6.18 Å². The molecule has 0 saturated heterocycles. The van der Waals surface area contributed by atoms with Gasteiger partial charge in [-0.15, -0.1) is 0 Å². The normalized spacial score (nSPS) is 11.2. The molecule has 0 atom stereocenters. The quantitative estimate of drug-likeness (QED) is 0.648. The van der Waals surface area contributed by atoms with Crippen LogP contribution in [0.1, 0.15) is 5.56 Å². The number of nitrogens with one attached hydrogen (secondary N) is 1. The Morgan fingerprint density at radius 1 is 1.40 bits per heavy atom. The highest BCUT2D eigenvalue weighted by atomic mass is 79.9. The highest BCUT2D eigenvalue weighted by Crippen LogP contribution is 2.39. The molecule has 0 bridgehead atoms. The summed E-state index contributed by atoms with van der Waals surface area (Å²) in [5.41, 5.74) is -1.26. The SMILES string of the molecule is O=CNc1cc(C(F)(F)F)cc(Br)c1O. The second-order valence-corrected chi connectivity index (χ2v) is 3.47. The average molecular weight is 284 g/mol. The molecule has 0 aliphatic heterocycles. The highest BCUT2D eigenvalue weighted by Gasteiger charge is 2.32. The predicted molar refractivity (Wildman–Crippen MR) is 50.5 cm³/mol. The van der Waals surface area contributed by atoms with E-state index in [1.165, 1.54) is 0 Å². The number of aromatic hydroxyl groups is 1. The molecule has 82 valence electrons. The Balaban J connectivity index is 3.29. The molecule has 1 aromatic carbocycles. The minimum atomic E-state index is -4.53. The summed E-state index contributed by atoms with van der Waals surface area (Å²) < 4.78 is 36.8. The first-order valence-electron chi connectivity index (χ1n) is 3.66. The van der Waals surface area contributed by atoms with Crippen LogP contribution in [-0.4, -0.2) is 11.5 Å². The van der Waals surface area contributed by atoms with E-state index in [9.17, 15) is 23.1 Å². The number of amides is 1. The van der Waals surface area contributed by atoms with Gasteiger partial charge in [-0.3, -0.25) is 4.79 Å². The Bertz CT molecular complexity index is 392. The van der Waals surface area contributed by atoms with Crippen molar-refractivity contribution in [3.63, 3.8) is 0 Å². The fourth-order valence-corrected chi connectivity index (χ4v) is 1.40. The molecular weight excluding hydrogens is 279 g/mol. The van der Waals surface area contributed by atoms with Crippen LogP contribution >= 0.6 is 15.9 Å². The van der Waals surface area contributed by atoms with Crippen molar-refractivity contribution in [2.24, 2.45) is 0 Å². The van der Waals surface area contributed by atoms with Crippen LogP contribution in [0.3, 0.4) is 0 Å². The van der Waals surface area contributed by atoms with Crippen molar-refractivity contribution < 1.29 is 23.1 Å². The third-order valence-electron chi connectivity index (χ3n) is 1.61. The molecule has 0 aromatic heterocycles. The number of phenolic OH excluding ortho intramolecular Hbond substituents is 1. The molecule has 2 N–H and O–H groups in total. The minimum absolute atomic E-state index is 0.137. The van der Waals surface area contributed by atoms with E-state index in [4.69, 9.17) is 0 Å². The van der Waals surface area contributed by atoms with E-state index in [2.05, 4.69) is 15.9 Å². The third kappa shape index (κ3) is 2.62. The molecule has 0 fully saturated rings. The molecular formula is C8H5BrF3NO2. The minimum Gasteiger partial charge on any atom is -0.505 e. The van der Waals surface area contributed by atoms with Crippen LogP contribution in [0, 0.1) is 0 Å². The van der Waals surface area contributed by atoms with E-state index in [0.29, 0.717) is 6.07 Å². The molecule has 0 aliphatic carbocycles. The summed E-state index contributed by atoms with van der Waals surface area (Å²) in [6, 6.07) is 1.37. The van der Waals surface area contributed by atoms with Gasteiger partial charge in [0.15, 0.2) is 5.75 Å². The number of carbonyl (C=O) groups excluding carboxylic acids is 1. The van der Waals surface area contributed by atoms with Gasteiger partial charge in [0.1, 0.15) is 0 Å². The van der Waals surface area contributed by atoms with Crippen molar-refractivity contribution in [3.05, 3.63) is 22.2 Å². The number of halogens is 4. The van der Waals surface area contributed by atoms with Crippen LogP contribution < -0.4 is 5.32 Å². The van der Waals surface area contributed by atoms with Crippen LogP contribution in [0.15, 0.2) is 16.6 Å². The van der Waals surface area contributed by atoms with E-state index >= 15 is 0 Å². The average Bonchev–Trinajstić information content (AvgIpc) is 2.11. The number of hydrogen-bond donors (Lipinski definition) is 2. The molecule has 0 radical (unpaired) electrons. The van der Waals surface area contributed by atoms with Gasteiger partial charge in [-0.1, -0.05) is 0 Å². The van der Waals surface area contributed by atoms with Gasteiger partial charge in [0.25, 0.3) is 0 Å². The van der Waals surface area contributed by atoms with Gasteiger partial charge in [-0.05, 0) is 28.1 Å². The number of anilines is 1. The van der Waals surface area contributed by atoms with E-state index in [0.717, 1.165) is 6.07 Å². The molecule has 1 rings (SSSR count). The number of carbonyl (C=O) groups is 1. The first kappa shape index (κ1) is 11.8. The lowest BCUT2D eigenvalue weighted by Gasteiger charge is -2.11. The lowest BCUT2D eigenvalue weighted by Crippen LogP contribution is -2.06. The molecule has 0 aliphatic rings. The maximum absolute atomic E-state index is 12.3. The largest absolute Gasteiger partial charge is 0.505 e. The van der Waals surface area contributed by atoms with E-state index in [-0.39, 0.29) is 16.6 Å². The van der Waals surface area contributed by atoms with Crippen molar-refractivity contribution in [2.45, 2.75) is 6.18 Å². The lowest BCUT2D eigenvalue weighted by atomic mass is 10.2. The van der Waals surface area contributed by atoms with Gasteiger partial charge in [0.05, 0.1) is 15.7 Å². The molecule has 0 unspecified atom stereocenters. The highest BCUT2D eigenvalue weighted by molar-refractivity contribution is 9.10. The van der Waals surface area contributed by atoms with Crippen LogP contribution in [-0.2, 0) is 11.0 Å². The second-order valence-electron chi connectivity index (χ2n) is 2.61. The van der Waals surface area contributed by atoms with Gasteiger partial charge in [-0.25, -0.2) is 0 Å². The summed E-state index contributed by atoms with van der Waals surface area (Å²) in [5.74, 6) is -0.449. The van der Waals surface area contributed by atoms with Crippen molar-refractivity contribution in [3.8, 4) is 5.75 Å². The smallest absolute Gasteiger partial charge is 0.416 e. The molecule has 0 heterocycles. The monoisotopic (exact) mass is 283 g/mol. The molecule has 15 heavy (non-hydrogen) atoms. The van der Waals surface area contributed by atoms with Crippen molar-refractivity contribution in [2.75, 3.05) is 5.32 Å². The maximum atomic E-state index is 12.3. The standard InChI is InChI=1S/C8H5BrF3NO2/c9-5-1-4(8(10,11)12)2-6(7(5)15)13-3-14/h1-3,15H,(H,13,14). The second kappa shape index (κ2) is 4.09. The number of hydrogen-bond acceptors (Lipinski definition) is 2. The Labute approximate surface area is 91.0 Å². The van der Waals surface area contributed by atoms with Crippen LogP contribution in [0.25, 0.3) is 0 Å². The topological polar surface area (TPSA) is 49.3 Å². The predicted octanol–water partition coefficient (Wildman–Crippen LogP) is 2.74. The number of alkyl halides is 3. The Morgan fingerprint density at radius 2 is 2.00 bits per heavy atom. The molecule has 7 heteroatoms. The summed E-state index contributed by atoms with van der Waals surface area (Å²) in [4.78, 5) is 10.1. The Hall–Kier alpha value is -1.24. The fraction of sp³-hybridized carbons (Fsp3) is 0.125. The Kier molecular flexibility index (Phi) is 3.23. The van der Waals surface area contributed by atoms with E-state index in [1.54, 1.807) is 0 Å². The molecule has 1 aromatic rings. The molecule has 1 amide bonds. The third-order valence-corrected chi connectivity index (χ3v) is 2.21. The van der Waals surface area contributed by atoms with Crippen molar-refractivity contribution in [1.29, 1.82) is 0 Å². The number of phenols is 1. The summed E-state index contributed by atoms with van der Waals surface area (Å²) in [6.45, 7) is 0. The number of rotatable bonds is 2. The lowest BCUT2D eigenvalue weighted by molar-refractivity contribution is -0.137. The molecule has 0 saturated carbocycles. The fourth-order valence-electron chi connectivity index (χ4n) is 0.936. The molecule has 0 spiro atoms. The first-order chi connectivity index (χ1) is 6.86. The van der Waals surface area contributed by atoms with Crippen LogP contribution in [0.5, 0.6) is 5.75 Å². The van der Waals surface area contributed by atoms with Crippen LogP contribution in [0.4, 0.5) is 18.9 Å². The maximum Gasteiger partial charge on any atom is 0.416 e. The van der Waals surface area contributed by atoms with Gasteiger partial charge in [0.2, 0.25) is 6.41 Å². The summed E-state index contributed by atoms with van der Waals surface area (Å²) >= 11 is 2.75. The van der Waals surface area contributed by atoms with Gasteiger partial charge in [0, 0.05) is 0 Å². The van der Waals surface area contributed by atoms with Crippen LogP contribution in [0.2, 0.25) is 0 Å². The van der Waals surface area contributed by atoms with Crippen molar-refractivity contribution in [1.82, 2.24) is 0 Å². The zero-order valence-electron chi connectivity index (χ0n) is 7.10. The van der Waals surface area contributed by atoms with Gasteiger partial charge in [-0.2, -0.15) is 13.2 Å².